The summed E-state index contributed by atoms with van der Waals surface area (Å²) in [4.78, 5) is 21.7. The number of aromatic nitrogens is 2. The predicted molar refractivity (Wildman–Crippen MR) is 74.6 cm³/mol. The van der Waals surface area contributed by atoms with Crippen LogP contribution >= 0.6 is 0 Å². The number of hydrogen-bond donors (Lipinski definition) is 0. The van der Waals surface area contributed by atoms with Crippen molar-refractivity contribution in [1.82, 2.24) is 9.97 Å². The number of rotatable bonds is 0. The fourth-order valence-corrected chi connectivity index (χ4v) is 3.21. The summed E-state index contributed by atoms with van der Waals surface area (Å²) in [5.74, 6) is 0.177. The van der Waals surface area contributed by atoms with Gasteiger partial charge >= 0.3 is 0 Å². The third kappa shape index (κ3) is 1.90. The van der Waals surface area contributed by atoms with E-state index in [9.17, 15) is 4.79 Å². The van der Waals surface area contributed by atoms with E-state index in [2.05, 4.69) is 27.7 Å². The maximum atomic E-state index is 12.0. The molecule has 3 rings (SSSR count). The van der Waals surface area contributed by atoms with Crippen LogP contribution < -0.4 is 0 Å². The van der Waals surface area contributed by atoms with Gasteiger partial charge in [-0.1, -0.05) is 27.7 Å². The lowest BCUT2D eigenvalue weighted by atomic mass is 9.67. The predicted octanol–water partition coefficient (Wildman–Crippen LogP) is 3.34. The van der Waals surface area contributed by atoms with Crippen molar-refractivity contribution in [3.05, 3.63) is 22.8 Å². The number of fused-ring (bicyclic) bond motifs is 2. The lowest BCUT2D eigenvalue weighted by Crippen LogP contribution is -2.37. The summed E-state index contributed by atoms with van der Waals surface area (Å²) in [6.45, 7) is 8.92. The lowest BCUT2D eigenvalue weighted by molar-refractivity contribution is 0.0964. The topological polar surface area (TPSA) is 42.9 Å². The van der Waals surface area contributed by atoms with E-state index < -0.39 is 0 Å². The Morgan fingerprint density at radius 2 is 1.47 bits per heavy atom. The highest BCUT2D eigenvalue weighted by Crippen LogP contribution is 2.44. The summed E-state index contributed by atoms with van der Waals surface area (Å²) in [6.07, 6.45) is 4.69. The second-order valence-corrected chi connectivity index (χ2v) is 7.26. The number of ketones is 1. The number of nitrogens with zero attached hydrogens (tertiary/aromatic N) is 2. The van der Waals surface area contributed by atoms with Crippen molar-refractivity contribution in [2.24, 2.45) is 0 Å². The summed E-state index contributed by atoms with van der Waals surface area (Å²) in [6, 6.07) is 0. The minimum Gasteiger partial charge on any atom is -0.292 e. The highest BCUT2D eigenvalue weighted by molar-refractivity contribution is 5.96. The van der Waals surface area contributed by atoms with Crippen molar-refractivity contribution in [1.29, 1.82) is 0 Å². The summed E-state index contributed by atoms with van der Waals surface area (Å²) < 4.78 is 0. The van der Waals surface area contributed by atoms with Gasteiger partial charge in [-0.2, -0.15) is 0 Å². The van der Waals surface area contributed by atoms with Gasteiger partial charge in [0, 0.05) is 17.3 Å². The molecule has 3 nitrogen and oxygen atoms in total. The molecule has 1 aromatic heterocycles. The smallest absolute Gasteiger partial charge is 0.183 e. The molecule has 0 unspecified atom stereocenters. The van der Waals surface area contributed by atoms with Gasteiger partial charge in [0.15, 0.2) is 5.78 Å². The molecule has 19 heavy (non-hydrogen) atoms. The first kappa shape index (κ1) is 12.8. The molecular formula is C16H22N2O. The lowest BCUT2D eigenvalue weighted by Gasteiger charge is -2.40. The molecule has 0 saturated carbocycles. The van der Waals surface area contributed by atoms with Gasteiger partial charge in [-0.05, 0) is 25.7 Å². The number of carbonyl (C=O) groups excluding carboxylic acids is 1. The minimum absolute atomic E-state index is 0.0324. The van der Waals surface area contributed by atoms with E-state index in [0.29, 0.717) is 12.1 Å². The van der Waals surface area contributed by atoms with Crippen LogP contribution in [0.2, 0.25) is 0 Å². The van der Waals surface area contributed by atoms with Gasteiger partial charge < -0.3 is 0 Å². The first-order valence-corrected chi connectivity index (χ1v) is 7.26. The molecule has 0 bridgehead atoms. The normalized spacial score (nSPS) is 23.7. The van der Waals surface area contributed by atoms with E-state index in [1.165, 1.54) is 0 Å². The maximum absolute atomic E-state index is 12.0. The molecule has 0 radical (unpaired) electrons. The number of Topliss-reactive ketones (excluding diaryl/α,β-unsaturated/α-hetero) is 1. The third-order valence-electron chi connectivity index (χ3n) is 4.71. The highest BCUT2D eigenvalue weighted by atomic mass is 16.1. The van der Waals surface area contributed by atoms with E-state index in [1.807, 2.05) is 0 Å². The van der Waals surface area contributed by atoms with Gasteiger partial charge in [-0.25, -0.2) is 4.98 Å². The Morgan fingerprint density at radius 3 is 2.11 bits per heavy atom. The number of hydrogen-bond acceptors (Lipinski definition) is 3. The molecule has 0 N–H and O–H groups in total. The summed E-state index contributed by atoms with van der Waals surface area (Å²) >= 11 is 0. The van der Waals surface area contributed by atoms with Crippen LogP contribution in [0.15, 0.2) is 0 Å². The maximum Gasteiger partial charge on any atom is 0.183 e. The molecule has 0 aliphatic heterocycles. The zero-order chi connectivity index (χ0) is 13.8. The van der Waals surface area contributed by atoms with E-state index in [0.717, 1.165) is 42.8 Å². The Morgan fingerprint density at radius 1 is 0.895 bits per heavy atom. The van der Waals surface area contributed by atoms with Crippen molar-refractivity contribution in [2.75, 3.05) is 0 Å². The Balaban J connectivity index is 2.25. The summed E-state index contributed by atoms with van der Waals surface area (Å²) in [5, 5.41) is 0. The Kier molecular flexibility index (Phi) is 2.60. The molecule has 0 fully saturated rings. The molecule has 2 aliphatic carbocycles. The van der Waals surface area contributed by atoms with Crippen LogP contribution in [0.4, 0.5) is 0 Å². The molecule has 0 spiro atoms. The average molecular weight is 258 g/mol. The molecule has 2 aliphatic rings. The average Bonchev–Trinajstić information content (AvgIpc) is 2.35. The molecule has 1 heterocycles. The molecule has 0 aromatic carbocycles. The van der Waals surface area contributed by atoms with Gasteiger partial charge in [-0.15, -0.1) is 0 Å². The zero-order valence-corrected chi connectivity index (χ0v) is 12.3. The highest BCUT2D eigenvalue weighted by Gasteiger charge is 2.41. The fourth-order valence-electron chi connectivity index (χ4n) is 3.21. The first-order chi connectivity index (χ1) is 8.81. The van der Waals surface area contributed by atoms with Gasteiger partial charge in [0.05, 0.1) is 17.1 Å². The van der Waals surface area contributed by atoms with E-state index >= 15 is 0 Å². The SMILES string of the molecule is CC1(C)CCC(C)(C)c2nc3c(nc21)CCCC3=O. The first-order valence-electron chi connectivity index (χ1n) is 7.26. The standard InChI is InChI=1S/C16H22N2O/c1-15(2)8-9-16(3,4)14-13(15)17-10-6-5-7-11(19)12(10)18-14/h5-9H2,1-4H3. The van der Waals surface area contributed by atoms with Crippen molar-refractivity contribution >= 4 is 5.78 Å². The van der Waals surface area contributed by atoms with Gasteiger partial charge in [0.2, 0.25) is 0 Å². The van der Waals surface area contributed by atoms with Crippen LogP contribution in [0.5, 0.6) is 0 Å². The van der Waals surface area contributed by atoms with Crippen molar-refractivity contribution in [2.45, 2.75) is 70.6 Å². The molecular weight excluding hydrogens is 236 g/mol. The van der Waals surface area contributed by atoms with Gasteiger partial charge in [0.1, 0.15) is 5.69 Å². The monoisotopic (exact) mass is 258 g/mol. The largest absolute Gasteiger partial charge is 0.292 e. The number of carbonyl (C=O) groups is 1. The van der Waals surface area contributed by atoms with Crippen molar-refractivity contribution in [3.8, 4) is 0 Å². The molecule has 0 atom stereocenters. The summed E-state index contributed by atoms with van der Waals surface area (Å²) in [5.41, 5.74) is 3.87. The van der Waals surface area contributed by atoms with Crippen LogP contribution in [0.25, 0.3) is 0 Å². The quantitative estimate of drug-likeness (QED) is 0.716. The third-order valence-corrected chi connectivity index (χ3v) is 4.71. The van der Waals surface area contributed by atoms with E-state index in [-0.39, 0.29) is 16.6 Å². The Hall–Kier alpha value is -1.25. The molecule has 0 amide bonds. The number of aryl methyl sites for hydroxylation is 1. The second-order valence-electron chi connectivity index (χ2n) is 7.26. The Bertz CT molecular complexity index is 558. The van der Waals surface area contributed by atoms with Crippen LogP contribution in [0.1, 0.15) is 80.9 Å². The second kappa shape index (κ2) is 3.87. The summed E-state index contributed by atoms with van der Waals surface area (Å²) in [7, 11) is 0. The minimum atomic E-state index is 0.0324. The van der Waals surface area contributed by atoms with Crippen LogP contribution in [-0.2, 0) is 17.3 Å². The van der Waals surface area contributed by atoms with Crippen LogP contribution in [-0.4, -0.2) is 15.8 Å². The molecule has 3 heteroatoms. The van der Waals surface area contributed by atoms with Crippen molar-refractivity contribution < 1.29 is 4.79 Å². The van der Waals surface area contributed by atoms with Crippen molar-refractivity contribution in [3.63, 3.8) is 0 Å². The van der Waals surface area contributed by atoms with Crippen LogP contribution in [0, 0.1) is 0 Å². The van der Waals surface area contributed by atoms with Crippen LogP contribution in [0.3, 0.4) is 0 Å². The van der Waals surface area contributed by atoms with E-state index in [4.69, 9.17) is 9.97 Å². The van der Waals surface area contributed by atoms with Gasteiger partial charge in [-0.3, -0.25) is 9.78 Å². The van der Waals surface area contributed by atoms with E-state index in [1.54, 1.807) is 0 Å². The van der Waals surface area contributed by atoms with Gasteiger partial charge in [0.25, 0.3) is 0 Å². The molecule has 0 saturated heterocycles. The zero-order valence-electron chi connectivity index (χ0n) is 12.3. The molecule has 1 aromatic rings. The fraction of sp³-hybridized carbons (Fsp3) is 0.688. The Labute approximate surface area is 114 Å². The molecule has 102 valence electrons.